The van der Waals surface area contributed by atoms with Crippen LogP contribution in [0.25, 0.3) is 0 Å². The van der Waals surface area contributed by atoms with Gasteiger partial charge in [-0.3, -0.25) is 14.5 Å². The van der Waals surface area contributed by atoms with E-state index in [1.165, 1.54) is 0 Å². The number of nitrogens with one attached hydrogen (secondary N) is 2. The Labute approximate surface area is 108 Å². The molecule has 0 aromatic rings. The van der Waals surface area contributed by atoms with Crippen LogP contribution in [0.1, 0.15) is 19.8 Å². The van der Waals surface area contributed by atoms with Gasteiger partial charge in [0, 0.05) is 26.2 Å². The van der Waals surface area contributed by atoms with Gasteiger partial charge in [-0.05, 0) is 26.3 Å². The van der Waals surface area contributed by atoms with Crippen LogP contribution >= 0.6 is 0 Å². The molecule has 0 spiro atoms. The third-order valence-corrected chi connectivity index (χ3v) is 3.06. The molecule has 1 saturated heterocycles. The number of rotatable bonds is 6. The van der Waals surface area contributed by atoms with Gasteiger partial charge in [0.25, 0.3) is 0 Å². The van der Waals surface area contributed by atoms with Gasteiger partial charge in [-0.25, -0.2) is 0 Å². The lowest BCUT2D eigenvalue weighted by Crippen LogP contribution is -2.47. The average molecular weight is 256 g/mol. The maximum Gasteiger partial charge on any atom is 0.234 e. The van der Waals surface area contributed by atoms with Crippen molar-refractivity contribution in [2.75, 3.05) is 39.3 Å². The van der Waals surface area contributed by atoms with Gasteiger partial charge in [0.15, 0.2) is 0 Å². The van der Waals surface area contributed by atoms with E-state index in [1.54, 1.807) is 0 Å². The molecule has 0 saturated carbocycles. The normalized spacial score (nSPS) is 20.4. The van der Waals surface area contributed by atoms with Crippen LogP contribution in [0, 0.1) is 5.92 Å². The van der Waals surface area contributed by atoms with Gasteiger partial charge in [0.2, 0.25) is 11.8 Å². The van der Waals surface area contributed by atoms with Gasteiger partial charge >= 0.3 is 0 Å². The number of nitrogens with zero attached hydrogens (tertiary/aromatic N) is 1. The summed E-state index contributed by atoms with van der Waals surface area (Å²) in [5, 5.41) is 5.58. The fourth-order valence-electron chi connectivity index (χ4n) is 2.21. The highest BCUT2D eigenvalue weighted by molar-refractivity contribution is 5.80. The van der Waals surface area contributed by atoms with Crippen molar-refractivity contribution in [1.29, 1.82) is 0 Å². The molecule has 6 nitrogen and oxygen atoms in total. The summed E-state index contributed by atoms with van der Waals surface area (Å²) < 4.78 is 0. The van der Waals surface area contributed by atoms with Crippen LogP contribution in [-0.4, -0.2) is 56.0 Å². The highest BCUT2D eigenvalue weighted by Gasteiger charge is 2.26. The van der Waals surface area contributed by atoms with E-state index >= 15 is 0 Å². The van der Waals surface area contributed by atoms with Crippen LogP contribution in [0.4, 0.5) is 0 Å². The minimum atomic E-state index is -0.0141. The van der Waals surface area contributed by atoms with E-state index in [2.05, 4.69) is 10.6 Å². The molecule has 1 heterocycles. The van der Waals surface area contributed by atoms with Crippen molar-refractivity contribution in [2.45, 2.75) is 19.8 Å². The highest BCUT2D eigenvalue weighted by Crippen LogP contribution is 2.16. The van der Waals surface area contributed by atoms with Crippen molar-refractivity contribution in [3.8, 4) is 0 Å². The Morgan fingerprint density at radius 1 is 1.39 bits per heavy atom. The van der Waals surface area contributed by atoms with Crippen LogP contribution < -0.4 is 16.4 Å². The number of likely N-dealkylation sites (N-methyl/N-ethyl adjacent to an activating group) is 1. The minimum Gasteiger partial charge on any atom is -0.355 e. The molecule has 0 aliphatic carbocycles. The topological polar surface area (TPSA) is 87.5 Å². The Balaban J connectivity index is 2.36. The third-order valence-electron chi connectivity index (χ3n) is 3.06. The summed E-state index contributed by atoms with van der Waals surface area (Å²) in [7, 11) is 0. The van der Waals surface area contributed by atoms with Crippen molar-refractivity contribution in [3.05, 3.63) is 0 Å². The highest BCUT2D eigenvalue weighted by atomic mass is 16.2. The van der Waals surface area contributed by atoms with E-state index in [9.17, 15) is 9.59 Å². The maximum atomic E-state index is 11.8. The Bertz CT molecular complexity index is 283. The van der Waals surface area contributed by atoms with Crippen molar-refractivity contribution in [1.82, 2.24) is 15.5 Å². The molecular formula is C12H24N4O2. The summed E-state index contributed by atoms with van der Waals surface area (Å²) >= 11 is 0. The number of carbonyl (C=O) groups excluding carboxylic acids is 2. The van der Waals surface area contributed by atoms with Crippen LogP contribution in [0.3, 0.4) is 0 Å². The summed E-state index contributed by atoms with van der Waals surface area (Å²) in [4.78, 5) is 25.4. The lowest BCUT2D eigenvalue weighted by molar-refractivity contribution is -0.128. The zero-order chi connectivity index (χ0) is 13.4. The first-order valence-corrected chi connectivity index (χ1v) is 6.64. The number of piperidine rings is 1. The molecule has 1 rings (SSSR count). The lowest BCUT2D eigenvalue weighted by atomic mass is 9.97. The Morgan fingerprint density at radius 3 is 2.83 bits per heavy atom. The molecule has 0 aromatic carbocycles. The van der Waals surface area contributed by atoms with Gasteiger partial charge in [-0.1, -0.05) is 0 Å². The molecule has 6 heteroatoms. The number of hydrogen-bond acceptors (Lipinski definition) is 4. The quantitative estimate of drug-likeness (QED) is 0.563. The van der Waals surface area contributed by atoms with Crippen LogP contribution in [0.15, 0.2) is 0 Å². The van der Waals surface area contributed by atoms with E-state index in [0.29, 0.717) is 32.7 Å². The van der Waals surface area contributed by atoms with Gasteiger partial charge in [0.05, 0.1) is 12.5 Å². The van der Waals surface area contributed by atoms with Crippen molar-refractivity contribution >= 4 is 11.8 Å². The first-order valence-electron chi connectivity index (χ1n) is 6.64. The van der Waals surface area contributed by atoms with E-state index in [-0.39, 0.29) is 17.7 Å². The molecule has 1 fully saturated rings. The average Bonchev–Trinajstić information content (AvgIpc) is 2.36. The molecule has 1 aliphatic heterocycles. The van der Waals surface area contributed by atoms with Crippen molar-refractivity contribution in [3.63, 3.8) is 0 Å². The van der Waals surface area contributed by atoms with Crippen LogP contribution in [0.5, 0.6) is 0 Å². The van der Waals surface area contributed by atoms with Gasteiger partial charge in [0.1, 0.15) is 0 Å². The molecule has 18 heavy (non-hydrogen) atoms. The molecule has 0 radical (unpaired) electrons. The zero-order valence-electron chi connectivity index (χ0n) is 11.1. The van der Waals surface area contributed by atoms with Gasteiger partial charge < -0.3 is 16.4 Å². The first kappa shape index (κ1) is 14.9. The molecule has 4 N–H and O–H groups in total. The summed E-state index contributed by atoms with van der Waals surface area (Å²) in [5.41, 5.74) is 5.35. The fraction of sp³-hybridized carbons (Fsp3) is 0.833. The number of carbonyl (C=O) groups is 2. The van der Waals surface area contributed by atoms with E-state index in [1.807, 2.05) is 11.8 Å². The zero-order valence-corrected chi connectivity index (χ0v) is 11.1. The molecule has 1 unspecified atom stereocenters. The summed E-state index contributed by atoms with van der Waals surface area (Å²) in [6, 6.07) is 0. The molecular weight excluding hydrogens is 232 g/mol. The summed E-state index contributed by atoms with van der Waals surface area (Å²) in [5.74, 6) is 0.0706. The molecule has 1 aliphatic rings. The van der Waals surface area contributed by atoms with Gasteiger partial charge in [-0.2, -0.15) is 0 Å². The van der Waals surface area contributed by atoms with Gasteiger partial charge in [-0.15, -0.1) is 0 Å². The predicted molar refractivity (Wildman–Crippen MR) is 69.9 cm³/mol. The second-order valence-electron chi connectivity index (χ2n) is 4.61. The molecule has 2 amide bonds. The molecule has 104 valence electrons. The van der Waals surface area contributed by atoms with E-state index < -0.39 is 0 Å². The Hall–Kier alpha value is -1.14. The monoisotopic (exact) mass is 256 g/mol. The Morgan fingerprint density at radius 2 is 2.17 bits per heavy atom. The third kappa shape index (κ3) is 5.01. The maximum absolute atomic E-state index is 11.8. The van der Waals surface area contributed by atoms with Crippen LogP contribution in [0.2, 0.25) is 0 Å². The summed E-state index contributed by atoms with van der Waals surface area (Å²) in [6.07, 6.45) is 1.85. The summed E-state index contributed by atoms with van der Waals surface area (Å²) in [6.45, 7) is 5.46. The number of hydrogen-bond donors (Lipinski definition) is 3. The molecule has 0 bridgehead atoms. The second-order valence-corrected chi connectivity index (χ2v) is 4.61. The SMILES string of the molecule is CCNC(=O)CN1CCCC(C(=O)NCCN)C1. The molecule has 0 aromatic heterocycles. The van der Waals surface area contributed by atoms with Crippen LogP contribution in [-0.2, 0) is 9.59 Å². The van der Waals surface area contributed by atoms with Crippen molar-refractivity contribution < 1.29 is 9.59 Å². The predicted octanol–water partition coefficient (Wildman–Crippen LogP) is -1.09. The smallest absolute Gasteiger partial charge is 0.234 e. The number of amides is 2. The number of nitrogens with two attached hydrogens (primary N) is 1. The lowest BCUT2D eigenvalue weighted by Gasteiger charge is -2.31. The minimum absolute atomic E-state index is 0.0141. The largest absolute Gasteiger partial charge is 0.355 e. The first-order chi connectivity index (χ1) is 8.67. The standard InChI is InChI=1S/C12H24N4O2/c1-2-14-11(17)9-16-7-3-4-10(8-16)12(18)15-6-5-13/h10H,2-9,13H2,1H3,(H,14,17)(H,15,18). The van der Waals surface area contributed by atoms with E-state index in [0.717, 1.165) is 19.4 Å². The van der Waals surface area contributed by atoms with Crippen molar-refractivity contribution in [2.24, 2.45) is 11.7 Å². The number of likely N-dealkylation sites (tertiary alicyclic amines) is 1. The fourth-order valence-corrected chi connectivity index (χ4v) is 2.21. The second kappa shape index (κ2) is 8.05. The van der Waals surface area contributed by atoms with E-state index in [4.69, 9.17) is 5.73 Å². The Kier molecular flexibility index (Phi) is 6.67. The molecule has 1 atom stereocenters.